The van der Waals surface area contributed by atoms with E-state index < -0.39 is 0 Å². The molecule has 0 radical (unpaired) electrons. The normalized spacial score (nSPS) is 12.6. The molecule has 1 aromatic carbocycles. The molecule has 0 fully saturated rings. The summed E-state index contributed by atoms with van der Waals surface area (Å²) < 4.78 is 5.79. The van der Waals surface area contributed by atoms with Crippen molar-refractivity contribution in [3.63, 3.8) is 0 Å². The molecule has 1 rings (SSSR count). The second kappa shape index (κ2) is 6.27. The highest BCUT2D eigenvalue weighted by molar-refractivity contribution is 6.32. The second-order valence-corrected chi connectivity index (χ2v) is 5.02. The Bertz CT molecular complexity index is 388. The molecule has 17 heavy (non-hydrogen) atoms. The van der Waals surface area contributed by atoms with Crippen molar-refractivity contribution in [1.29, 1.82) is 0 Å². The van der Waals surface area contributed by atoms with Gasteiger partial charge in [0.1, 0.15) is 5.75 Å². The summed E-state index contributed by atoms with van der Waals surface area (Å²) in [5.74, 6) is 0.934. The molecule has 0 spiro atoms. The molecule has 2 N–H and O–H groups in total. The minimum Gasteiger partial charge on any atom is -0.493 e. The molecule has 3 heteroatoms. The lowest BCUT2D eigenvalue weighted by atomic mass is 9.98. The van der Waals surface area contributed by atoms with Gasteiger partial charge in [0, 0.05) is 16.6 Å². The Labute approximate surface area is 109 Å². The van der Waals surface area contributed by atoms with Gasteiger partial charge in [-0.3, -0.25) is 0 Å². The van der Waals surface area contributed by atoms with Gasteiger partial charge >= 0.3 is 0 Å². The maximum Gasteiger partial charge on any atom is 0.123 e. The summed E-state index contributed by atoms with van der Waals surface area (Å²) in [4.78, 5) is 0. The number of benzene rings is 1. The van der Waals surface area contributed by atoms with Crippen LogP contribution in [-0.2, 0) is 6.42 Å². The van der Waals surface area contributed by atoms with Gasteiger partial charge in [-0.15, -0.1) is 0 Å². The van der Waals surface area contributed by atoms with E-state index in [0.717, 1.165) is 46.9 Å². The maximum absolute atomic E-state index is 6.28. The molecular formula is C14H22ClNO. The minimum absolute atomic E-state index is 0.108. The van der Waals surface area contributed by atoms with Crippen LogP contribution in [-0.4, -0.2) is 12.6 Å². The summed E-state index contributed by atoms with van der Waals surface area (Å²) in [6.07, 6.45) is 1.79. The zero-order chi connectivity index (χ0) is 13.0. The first kappa shape index (κ1) is 14.3. The van der Waals surface area contributed by atoms with Crippen LogP contribution in [0.4, 0.5) is 0 Å². The molecule has 0 amide bonds. The van der Waals surface area contributed by atoms with Crippen molar-refractivity contribution >= 4 is 11.6 Å². The summed E-state index contributed by atoms with van der Waals surface area (Å²) in [7, 11) is 0. The second-order valence-electron chi connectivity index (χ2n) is 4.64. The summed E-state index contributed by atoms with van der Waals surface area (Å²) in [6.45, 7) is 8.86. The lowest BCUT2D eigenvalue weighted by Crippen LogP contribution is -2.19. The maximum atomic E-state index is 6.28. The van der Waals surface area contributed by atoms with Crippen LogP contribution in [0.15, 0.2) is 6.07 Å². The van der Waals surface area contributed by atoms with Gasteiger partial charge in [0.2, 0.25) is 0 Å². The van der Waals surface area contributed by atoms with Gasteiger partial charge in [-0.1, -0.05) is 18.5 Å². The van der Waals surface area contributed by atoms with Gasteiger partial charge in [-0.05, 0) is 50.8 Å². The highest BCUT2D eigenvalue weighted by atomic mass is 35.5. The summed E-state index contributed by atoms with van der Waals surface area (Å²) >= 11 is 6.28. The highest BCUT2D eigenvalue weighted by Crippen LogP contribution is 2.32. The molecule has 1 atom stereocenters. The van der Waals surface area contributed by atoms with E-state index in [9.17, 15) is 0 Å². The monoisotopic (exact) mass is 255 g/mol. The van der Waals surface area contributed by atoms with Crippen molar-refractivity contribution in [1.82, 2.24) is 0 Å². The van der Waals surface area contributed by atoms with Crippen LogP contribution < -0.4 is 10.5 Å². The van der Waals surface area contributed by atoms with E-state index >= 15 is 0 Å². The van der Waals surface area contributed by atoms with Crippen molar-refractivity contribution < 1.29 is 4.74 Å². The van der Waals surface area contributed by atoms with Crippen LogP contribution in [0.3, 0.4) is 0 Å². The highest BCUT2D eigenvalue weighted by Gasteiger charge is 2.14. The third kappa shape index (κ3) is 3.62. The van der Waals surface area contributed by atoms with E-state index in [-0.39, 0.29) is 6.04 Å². The third-order valence-electron chi connectivity index (χ3n) is 2.76. The van der Waals surface area contributed by atoms with Crippen LogP contribution in [0.5, 0.6) is 5.75 Å². The van der Waals surface area contributed by atoms with Gasteiger partial charge in [0.05, 0.1) is 6.61 Å². The van der Waals surface area contributed by atoms with E-state index in [1.165, 1.54) is 0 Å². The number of nitrogens with two attached hydrogens (primary N) is 1. The Morgan fingerprint density at radius 1 is 1.41 bits per heavy atom. The van der Waals surface area contributed by atoms with Crippen molar-refractivity contribution in [3.8, 4) is 5.75 Å². The van der Waals surface area contributed by atoms with E-state index in [1.807, 2.05) is 26.8 Å². The van der Waals surface area contributed by atoms with Gasteiger partial charge in [0.15, 0.2) is 0 Å². The number of rotatable bonds is 5. The zero-order valence-corrected chi connectivity index (χ0v) is 11.9. The van der Waals surface area contributed by atoms with Crippen LogP contribution in [0.2, 0.25) is 5.02 Å². The molecule has 0 aliphatic heterocycles. The average Bonchev–Trinajstić information content (AvgIpc) is 2.27. The Morgan fingerprint density at radius 3 is 2.59 bits per heavy atom. The van der Waals surface area contributed by atoms with Gasteiger partial charge in [-0.25, -0.2) is 0 Å². The van der Waals surface area contributed by atoms with Crippen LogP contribution in [0, 0.1) is 13.8 Å². The molecule has 0 saturated carbocycles. The van der Waals surface area contributed by atoms with Crippen molar-refractivity contribution in [2.24, 2.45) is 5.73 Å². The molecule has 0 heterocycles. The number of halogens is 1. The first-order valence-electron chi connectivity index (χ1n) is 6.14. The fraction of sp³-hybridized carbons (Fsp3) is 0.571. The smallest absolute Gasteiger partial charge is 0.123 e. The molecular weight excluding hydrogens is 234 g/mol. The number of hydrogen-bond acceptors (Lipinski definition) is 2. The Balaban J connectivity index is 3.15. The molecule has 0 saturated heterocycles. The molecule has 2 nitrogen and oxygen atoms in total. The fourth-order valence-corrected chi connectivity index (χ4v) is 2.05. The van der Waals surface area contributed by atoms with Crippen molar-refractivity contribution in [3.05, 3.63) is 27.8 Å². The van der Waals surface area contributed by atoms with Gasteiger partial charge < -0.3 is 10.5 Å². The molecule has 0 aromatic heterocycles. The predicted octanol–water partition coefficient (Wildman–Crippen LogP) is 3.64. The van der Waals surface area contributed by atoms with Crippen molar-refractivity contribution in [2.75, 3.05) is 6.61 Å². The largest absolute Gasteiger partial charge is 0.493 e. The molecule has 1 unspecified atom stereocenters. The summed E-state index contributed by atoms with van der Waals surface area (Å²) in [6, 6.07) is 2.12. The van der Waals surface area contributed by atoms with E-state index in [2.05, 4.69) is 6.92 Å². The summed E-state index contributed by atoms with van der Waals surface area (Å²) in [5.41, 5.74) is 9.17. The lowest BCUT2D eigenvalue weighted by Gasteiger charge is -2.18. The van der Waals surface area contributed by atoms with Gasteiger partial charge in [0.25, 0.3) is 0 Å². The topological polar surface area (TPSA) is 35.2 Å². The lowest BCUT2D eigenvalue weighted by molar-refractivity contribution is 0.313. The van der Waals surface area contributed by atoms with E-state index in [4.69, 9.17) is 22.1 Å². The molecule has 1 aromatic rings. The van der Waals surface area contributed by atoms with Crippen LogP contribution >= 0.6 is 11.6 Å². The quantitative estimate of drug-likeness (QED) is 0.872. The SMILES string of the molecule is CCCOc1cc(C)c(Cl)c(C)c1CC(C)N. The molecule has 0 aliphatic carbocycles. The summed E-state index contributed by atoms with van der Waals surface area (Å²) in [5, 5.41) is 0.824. The minimum atomic E-state index is 0.108. The average molecular weight is 256 g/mol. The predicted molar refractivity (Wildman–Crippen MR) is 74.1 cm³/mol. The zero-order valence-electron chi connectivity index (χ0n) is 11.1. The van der Waals surface area contributed by atoms with Crippen LogP contribution in [0.1, 0.15) is 37.0 Å². The first-order chi connectivity index (χ1) is 7.97. The first-order valence-corrected chi connectivity index (χ1v) is 6.52. The standard InChI is InChI=1S/C14H22ClNO/c1-5-6-17-13-7-9(2)14(15)11(4)12(13)8-10(3)16/h7,10H,5-6,8,16H2,1-4H3. The third-order valence-corrected chi connectivity index (χ3v) is 3.34. The van der Waals surface area contributed by atoms with Crippen molar-refractivity contribution in [2.45, 2.75) is 46.6 Å². The number of hydrogen-bond donors (Lipinski definition) is 1. The fourth-order valence-electron chi connectivity index (χ4n) is 1.88. The van der Waals surface area contributed by atoms with Gasteiger partial charge in [-0.2, -0.15) is 0 Å². The molecule has 96 valence electrons. The molecule has 0 bridgehead atoms. The Hall–Kier alpha value is -0.730. The number of ether oxygens (including phenoxy) is 1. The Morgan fingerprint density at radius 2 is 2.06 bits per heavy atom. The number of aryl methyl sites for hydroxylation is 1. The van der Waals surface area contributed by atoms with Crippen LogP contribution in [0.25, 0.3) is 0 Å². The molecule has 0 aliphatic rings. The van der Waals surface area contributed by atoms with E-state index in [1.54, 1.807) is 0 Å². The Kier molecular flexibility index (Phi) is 5.29. The van der Waals surface area contributed by atoms with E-state index in [0.29, 0.717) is 0 Å².